The van der Waals surface area contributed by atoms with Crippen LogP contribution in [0.5, 0.6) is 0 Å². The summed E-state index contributed by atoms with van der Waals surface area (Å²) in [7, 11) is 0. The fourth-order valence-corrected chi connectivity index (χ4v) is 1.52. The molecule has 0 amide bonds. The molecule has 0 fully saturated rings. The van der Waals surface area contributed by atoms with Crippen LogP contribution < -0.4 is 5.32 Å². The van der Waals surface area contributed by atoms with Gasteiger partial charge < -0.3 is 5.32 Å². The van der Waals surface area contributed by atoms with Crippen molar-refractivity contribution in [2.75, 3.05) is 6.54 Å². The fourth-order valence-electron chi connectivity index (χ4n) is 1.52. The Balaban J connectivity index is 3.49. The molecule has 0 aliphatic carbocycles. The number of nitrogens with one attached hydrogen (secondary N) is 1. The van der Waals surface area contributed by atoms with Gasteiger partial charge >= 0.3 is 0 Å². The molecule has 2 nitrogen and oxygen atoms in total. The molecule has 0 heterocycles. The van der Waals surface area contributed by atoms with E-state index >= 15 is 0 Å². The van der Waals surface area contributed by atoms with Gasteiger partial charge in [-0.1, -0.05) is 34.6 Å². The molecule has 0 bridgehead atoms. The quantitative estimate of drug-likeness (QED) is 0.628. The monoisotopic (exact) mass is 213 g/mol. The molecule has 90 valence electrons. The third kappa shape index (κ3) is 8.61. The Labute approximate surface area is 94.8 Å². The molecule has 0 saturated carbocycles. The van der Waals surface area contributed by atoms with Crippen LogP contribution in [-0.4, -0.2) is 18.4 Å². The van der Waals surface area contributed by atoms with Crippen molar-refractivity contribution in [3.8, 4) is 0 Å². The van der Waals surface area contributed by atoms with E-state index in [0.29, 0.717) is 17.7 Å². The van der Waals surface area contributed by atoms with Gasteiger partial charge in [-0.15, -0.1) is 0 Å². The van der Waals surface area contributed by atoms with Crippen molar-refractivity contribution in [2.24, 2.45) is 11.8 Å². The second-order valence-corrected chi connectivity index (χ2v) is 5.18. The summed E-state index contributed by atoms with van der Waals surface area (Å²) in [6, 6.07) is 0.567. The predicted molar refractivity (Wildman–Crippen MR) is 66.0 cm³/mol. The Kier molecular flexibility index (Phi) is 7.67. The number of carbonyl (C=O) groups is 1. The zero-order valence-electron chi connectivity index (χ0n) is 11.0. The maximum absolute atomic E-state index is 11.5. The summed E-state index contributed by atoms with van der Waals surface area (Å²) in [6.07, 6.45) is 3.07. The second-order valence-electron chi connectivity index (χ2n) is 5.18. The Morgan fingerprint density at radius 2 is 1.73 bits per heavy atom. The van der Waals surface area contributed by atoms with Gasteiger partial charge in [0.1, 0.15) is 5.78 Å². The summed E-state index contributed by atoms with van der Waals surface area (Å²) in [6.45, 7) is 11.5. The molecule has 1 unspecified atom stereocenters. The van der Waals surface area contributed by atoms with Crippen molar-refractivity contribution < 1.29 is 4.79 Å². The average Bonchev–Trinajstić information content (AvgIpc) is 2.12. The summed E-state index contributed by atoms with van der Waals surface area (Å²) >= 11 is 0. The lowest BCUT2D eigenvalue weighted by molar-refractivity contribution is -0.122. The number of ketones is 1. The first kappa shape index (κ1) is 14.6. The molecule has 0 aromatic carbocycles. The van der Waals surface area contributed by atoms with E-state index in [9.17, 15) is 4.79 Å². The molecule has 0 aliphatic heterocycles. The molecule has 0 rings (SSSR count). The highest BCUT2D eigenvalue weighted by Crippen LogP contribution is 2.13. The minimum absolute atomic E-state index is 0.196. The molecule has 0 aromatic rings. The topological polar surface area (TPSA) is 29.1 Å². The Morgan fingerprint density at radius 3 is 2.20 bits per heavy atom. The van der Waals surface area contributed by atoms with Gasteiger partial charge in [0.15, 0.2) is 0 Å². The van der Waals surface area contributed by atoms with E-state index in [4.69, 9.17) is 0 Å². The molecular weight excluding hydrogens is 186 g/mol. The van der Waals surface area contributed by atoms with Crippen molar-refractivity contribution >= 4 is 5.78 Å². The zero-order valence-corrected chi connectivity index (χ0v) is 11.0. The lowest BCUT2D eigenvalue weighted by Gasteiger charge is -2.13. The van der Waals surface area contributed by atoms with Gasteiger partial charge in [0, 0.05) is 18.4 Å². The maximum atomic E-state index is 11.5. The lowest BCUT2D eigenvalue weighted by Crippen LogP contribution is -2.24. The Bertz CT molecular complexity index is 175. The van der Waals surface area contributed by atoms with Crippen LogP contribution in [0.4, 0.5) is 0 Å². The Hall–Kier alpha value is -0.370. The van der Waals surface area contributed by atoms with Crippen molar-refractivity contribution in [3.63, 3.8) is 0 Å². The maximum Gasteiger partial charge on any atom is 0.135 e. The second kappa shape index (κ2) is 7.86. The normalized spacial score (nSPS) is 13.5. The highest BCUT2D eigenvalue weighted by atomic mass is 16.1. The minimum atomic E-state index is 0.196. The number of hydrogen-bond donors (Lipinski definition) is 1. The van der Waals surface area contributed by atoms with Gasteiger partial charge in [-0.3, -0.25) is 4.79 Å². The molecule has 1 atom stereocenters. The van der Waals surface area contributed by atoms with E-state index in [0.717, 1.165) is 19.4 Å². The molecular formula is C13H27NO. The summed E-state index contributed by atoms with van der Waals surface area (Å²) < 4.78 is 0. The molecule has 0 aliphatic rings. The standard InChI is InChI=1S/C13H27NO/c1-10(2)13(15)9-12(5)7-6-8-14-11(3)4/h10-12,14H,6-9H2,1-5H3. The van der Waals surface area contributed by atoms with Gasteiger partial charge in [0.05, 0.1) is 0 Å². The minimum Gasteiger partial charge on any atom is -0.315 e. The van der Waals surface area contributed by atoms with Crippen LogP contribution in [-0.2, 0) is 4.79 Å². The average molecular weight is 213 g/mol. The van der Waals surface area contributed by atoms with Crippen molar-refractivity contribution in [2.45, 2.75) is 59.9 Å². The van der Waals surface area contributed by atoms with Crippen molar-refractivity contribution in [3.05, 3.63) is 0 Å². The lowest BCUT2D eigenvalue weighted by atomic mass is 9.94. The highest BCUT2D eigenvalue weighted by molar-refractivity contribution is 5.80. The summed E-state index contributed by atoms with van der Waals surface area (Å²) in [5.74, 6) is 1.13. The fraction of sp³-hybridized carbons (Fsp3) is 0.923. The van der Waals surface area contributed by atoms with Gasteiger partial charge in [-0.25, -0.2) is 0 Å². The van der Waals surface area contributed by atoms with Gasteiger partial charge in [0.2, 0.25) is 0 Å². The third-order valence-electron chi connectivity index (χ3n) is 2.62. The van der Waals surface area contributed by atoms with Crippen LogP contribution in [0, 0.1) is 11.8 Å². The van der Waals surface area contributed by atoms with Crippen molar-refractivity contribution in [1.29, 1.82) is 0 Å². The zero-order chi connectivity index (χ0) is 11.8. The van der Waals surface area contributed by atoms with Crippen LogP contribution in [0.2, 0.25) is 0 Å². The molecule has 2 heteroatoms. The van der Waals surface area contributed by atoms with E-state index in [2.05, 4.69) is 26.1 Å². The summed E-state index contributed by atoms with van der Waals surface area (Å²) in [4.78, 5) is 11.5. The number of hydrogen-bond acceptors (Lipinski definition) is 2. The van der Waals surface area contributed by atoms with Crippen LogP contribution in [0.1, 0.15) is 53.9 Å². The first-order valence-corrected chi connectivity index (χ1v) is 6.19. The predicted octanol–water partition coefficient (Wildman–Crippen LogP) is 3.02. The van der Waals surface area contributed by atoms with Crippen LogP contribution in [0.25, 0.3) is 0 Å². The SMILES string of the molecule is CC(CCCNC(C)C)CC(=O)C(C)C. The van der Waals surface area contributed by atoms with E-state index in [1.54, 1.807) is 0 Å². The smallest absolute Gasteiger partial charge is 0.135 e. The molecule has 1 N–H and O–H groups in total. The van der Waals surface area contributed by atoms with E-state index in [-0.39, 0.29) is 5.92 Å². The van der Waals surface area contributed by atoms with Gasteiger partial charge in [0.25, 0.3) is 0 Å². The summed E-state index contributed by atoms with van der Waals surface area (Å²) in [5.41, 5.74) is 0. The molecule has 0 radical (unpaired) electrons. The summed E-state index contributed by atoms with van der Waals surface area (Å²) in [5, 5.41) is 3.39. The van der Waals surface area contributed by atoms with Crippen LogP contribution >= 0.6 is 0 Å². The molecule has 0 spiro atoms. The van der Waals surface area contributed by atoms with Crippen molar-refractivity contribution in [1.82, 2.24) is 5.32 Å². The first-order valence-electron chi connectivity index (χ1n) is 6.19. The Morgan fingerprint density at radius 1 is 1.13 bits per heavy atom. The van der Waals surface area contributed by atoms with Crippen LogP contribution in [0.15, 0.2) is 0 Å². The van der Waals surface area contributed by atoms with E-state index < -0.39 is 0 Å². The number of Topliss-reactive ketones (excluding diaryl/α,β-unsaturated/α-hetero) is 1. The highest BCUT2D eigenvalue weighted by Gasteiger charge is 2.11. The van der Waals surface area contributed by atoms with Gasteiger partial charge in [-0.05, 0) is 25.3 Å². The molecule has 0 aromatic heterocycles. The number of carbonyl (C=O) groups excluding carboxylic acids is 1. The largest absolute Gasteiger partial charge is 0.315 e. The first-order chi connectivity index (χ1) is 6.93. The van der Waals surface area contributed by atoms with Crippen LogP contribution in [0.3, 0.4) is 0 Å². The molecule has 15 heavy (non-hydrogen) atoms. The third-order valence-corrected chi connectivity index (χ3v) is 2.62. The molecule has 0 saturated heterocycles. The van der Waals surface area contributed by atoms with E-state index in [1.165, 1.54) is 6.42 Å². The van der Waals surface area contributed by atoms with Gasteiger partial charge in [-0.2, -0.15) is 0 Å². The van der Waals surface area contributed by atoms with E-state index in [1.807, 2.05) is 13.8 Å². The number of rotatable bonds is 8.